The van der Waals surface area contributed by atoms with Crippen molar-refractivity contribution in [3.8, 4) is 11.1 Å². The number of carbonyl (C=O) groups excluding carboxylic acids is 2. The van der Waals surface area contributed by atoms with Gasteiger partial charge in [0.2, 0.25) is 0 Å². The molecule has 0 heterocycles. The van der Waals surface area contributed by atoms with E-state index in [9.17, 15) is 19.7 Å². The van der Waals surface area contributed by atoms with E-state index in [1.54, 1.807) is 13.0 Å². The zero-order valence-corrected chi connectivity index (χ0v) is 13.1. The molecule has 2 aromatic carbocycles. The van der Waals surface area contributed by atoms with Gasteiger partial charge in [0.1, 0.15) is 0 Å². The summed E-state index contributed by atoms with van der Waals surface area (Å²) in [5, 5.41) is 11.3. The van der Waals surface area contributed by atoms with Crippen molar-refractivity contribution in [2.75, 3.05) is 13.7 Å². The lowest BCUT2D eigenvalue weighted by Crippen LogP contribution is -2.09. The number of carbonyl (C=O) groups is 2. The van der Waals surface area contributed by atoms with Gasteiger partial charge in [-0.05, 0) is 31.2 Å². The van der Waals surface area contributed by atoms with Gasteiger partial charge in [0.05, 0.1) is 35.3 Å². The maximum Gasteiger partial charge on any atom is 0.338 e. The number of hydrogen-bond acceptors (Lipinski definition) is 6. The predicted octanol–water partition coefficient (Wildman–Crippen LogP) is 3.23. The molecule has 0 aromatic heterocycles. The summed E-state index contributed by atoms with van der Waals surface area (Å²) in [6, 6.07) is 10.2. The number of ether oxygens (including phenoxy) is 2. The summed E-state index contributed by atoms with van der Waals surface area (Å²) in [5.41, 5.74) is 0.593. The first kappa shape index (κ1) is 17.1. The smallest absolute Gasteiger partial charge is 0.338 e. The maximum absolute atomic E-state index is 12.0. The standard InChI is InChI=1S/C17H15NO6/c1-3-24-16(19)11-8-9-13(17(20)23-2)14(10-11)12-6-4-5-7-15(12)18(21)22/h4-10H,3H2,1-2H3. The van der Waals surface area contributed by atoms with Gasteiger partial charge in [-0.3, -0.25) is 10.1 Å². The first-order chi connectivity index (χ1) is 11.5. The summed E-state index contributed by atoms with van der Waals surface area (Å²) in [5.74, 6) is -1.23. The fourth-order valence-corrected chi connectivity index (χ4v) is 2.26. The molecule has 0 bridgehead atoms. The molecule has 124 valence electrons. The molecule has 2 aromatic rings. The molecule has 0 aliphatic carbocycles. The topological polar surface area (TPSA) is 95.7 Å². The van der Waals surface area contributed by atoms with E-state index in [0.29, 0.717) is 0 Å². The van der Waals surface area contributed by atoms with Crippen molar-refractivity contribution in [1.29, 1.82) is 0 Å². The highest BCUT2D eigenvalue weighted by Gasteiger charge is 2.22. The van der Waals surface area contributed by atoms with Gasteiger partial charge >= 0.3 is 11.9 Å². The molecular formula is C17H15NO6. The van der Waals surface area contributed by atoms with Gasteiger partial charge in [-0.2, -0.15) is 0 Å². The summed E-state index contributed by atoms with van der Waals surface area (Å²) in [4.78, 5) is 34.6. The first-order valence-corrected chi connectivity index (χ1v) is 7.12. The molecule has 24 heavy (non-hydrogen) atoms. The van der Waals surface area contributed by atoms with E-state index in [1.807, 2.05) is 0 Å². The quantitative estimate of drug-likeness (QED) is 0.475. The fourth-order valence-electron chi connectivity index (χ4n) is 2.26. The van der Waals surface area contributed by atoms with Crippen molar-refractivity contribution in [3.63, 3.8) is 0 Å². The van der Waals surface area contributed by atoms with Crippen LogP contribution in [0.25, 0.3) is 11.1 Å². The van der Waals surface area contributed by atoms with Crippen LogP contribution in [-0.2, 0) is 9.47 Å². The lowest BCUT2D eigenvalue weighted by molar-refractivity contribution is -0.384. The summed E-state index contributed by atoms with van der Waals surface area (Å²) in [7, 11) is 1.21. The molecule has 0 saturated carbocycles. The fraction of sp³-hybridized carbons (Fsp3) is 0.176. The molecule has 0 amide bonds. The third-order valence-electron chi connectivity index (χ3n) is 3.33. The van der Waals surface area contributed by atoms with Crippen LogP contribution in [0.5, 0.6) is 0 Å². The zero-order valence-electron chi connectivity index (χ0n) is 13.1. The van der Waals surface area contributed by atoms with Crippen LogP contribution in [0.3, 0.4) is 0 Å². The Kier molecular flexibility index (Phi) is 5.26. The maximum atomic E-state index is 12.0. The number of nitro benzene ring substituents is 1. The van der Waals surface area contributed by atoms with Crippen molar-refractivity contribution in [3.05, 3.63) is 63.7 Å². The molecule has 0 unspecified atom stereocenters. The van der Waals surface area contributed by atoms with E-state index in [0.717, 1.165) is 0 Å². The number of methoxy groups -OCH3 is 1. The monoisotopic (exact) mass is 329 g/mol. The van der Waals surface area contributed by atoms with Crippen LogP contribution in [-0.4, -0.2) is 30.6 Å². The van der Waals surface area contributed by atoms with Crippen LogP contribution < -0.4 is 0 Å². The van der Waals surface area contributed by atoms with Crippen molar-refractivity contribution in [2.24, 2.45) is 0 Å². The molecule has 0 aliphatic heterocycles. The van der Waals surface area contributed by atoms with Gasteiger partial charge in [-0.25, -0.2) is 9.59 Å². The highest BCUT2D eigenvalue weighted by Crippen LogP contribution is 2.33. The minimum Gasteiger partial charge on any atom is -0.465 e. The average Bonchev–Trinajstić information content (AvgIpc) is 2.60. The summed E-state index contributed by atoms with van der Waals surface area (Å²) >= 11 is 0. The molecule has 0 spiro atoms. The van der Waals surface area contributed by atoms with Gasteiger partial charge in [0, 0.05) is 11.6 Å². The largest absolute Gasteiger partial charge is 0.465 e. The van der Waals surface area contributed by atoms with Gasteiger partial charge in [-0.1, -0.05) is 12.1 Å². The Bertz CT molecular complexity index is 799. The van der Waals surface area contributed by atoms with E-state index >= 15 is 0 Å². The van der Waals surface area contributed by atoms with E-state index in [1.165, 1.54) is 43.5 Å². The van der Waals surface area contributed by atoms with E-state index in [-0.39, 0.29) is 34.5 Å². The Morgan fingerprint density at radius 3 is 2.42 bits per heavy atom. The Labute approximate surface area is 138 Å². The summed E-state index contributed by atoms with van der Waals surface area (Å²) in [6.07, 6.45) is 0. The highest BCUT2D eigenvalue weighted by atomic mass is 16.6. The molecule has 7 nitrogen and oxygen atoms in total. The number of esters is 2. The second-order valence-electron chi connectivity index (χ2n) is 4.75. The minimum atomic E-state index is -0.654. The average molecular weight is 329 g/mol. The van der Waals surface area contributed by atoms with Crippen molar-refractivity contribution >= 4 is 17.6 Å². The van der Waals surface area contributed by atoms with Gasteiger partial charge < -0.3 is 9.47 Å². The molecular weight excluding hydrogens is 314 g/mol. The van der Waals surface area contributed by atoms with Gasteiger partial charge in [0.25, 0.3) is 5.69 Å². The number of nitro groups is 1. The summed E-state index contributed by atoms with van der Waals surface area (Å²) in [6.45, 7) is 1.86. The van der Waals surface area contributed by atoms with Gasteiger partial charge in [-0.15, -0.1) is 0 Å². The Balaban J connectivity index is 2.69. The Morgan fingerprint density at radius 1 is 1.08 bits per heavy atom. The van der Waals surface area contributed by atoms with Crippen LogP contribution in [0.1, 0.15) is 27.6 Å². The van der Waals surface area contributed by atoms with Gasteiger partial charge in [0.15, 0.2) is 0 Å². The van der Waals surface area contributed by atoms with Crippen LogP contribution in [0.15, 0.2) is 42.5 Å². The second-order valence-corrected chi connectivity index (χ2v) is 4.75. The number of nitrogens with zero attached hydrogens (tertiary/aromatic N) is 1. The van der Waals surface area contributed by atoms with Crippen LogP contribution >= 0.6 is 0 Å². The molecule has 0 fully saturated rings. The Morgan fingerprint density at radius 2 is 1.79 bits per heavy atom. The second kappa shape index (κ2) is 7.36. The molecule has 7 heteroatoms. The van der Waals surface area contributed by atoms with E-state index in [2.05, 4.69) is 0 Å². The SMILES string of the molecule is CCOC(=O)c1ccc(C(=O)OC)c(-c2ccccc2[N+](=O)[O-])c1. The number of benzene rings is 2. The molecule has 0 saturated heterocycles. The molecule has 0 radical (unpaired) electrons. The van der Waals surface area contributed by atoms with Crippen LogP contribution in [0, 0.1) is 10.1 Å². The van der Waals surface area contributed by atoms with Crippen LogP contribution in [0.2, 0.25) is 0 Å². The van der Waals surface area contributed by atoms with E-state index in [4.69, 9.17) is 9.47 Å². The predicted molar refractivity (Wildman–Crippen MR) is 85.8 cm³/mol. The summed E-state index contributed by atoms with van der Waals surface area (Å²) < 4.78 is 9.66. The lowest BCUT2D eigenvalue weighted by Gasteiger charge is -2.11. The third kappa shape index (κ3) is 3.40. The number of para-hydroxylation sites is 1. The number of hydrogen-bond donors (Lipinski definition) is 0. The highest BCUT2D eigenvalue weighted by molar-refractivity contribution is 6.01. The normalized spacial score (nSPS) is 10.1. The zero-order chi connectivity index (χ0) is 17.7. The molecule has 0 N–H and O–H groups in total. The van der Waals surface area contributed by atoms with Crippen molar-refractivity contribution < 1.29 is 24.0 Å². The van der Waals surface area contributed by atoms with Crippen molar-refractivity contribution in [2.45, 2.75) is 6.92 Å². The molecule has 2 rings (SSSR count). The minimum absolute atomic E-state index is 0.125. The van der Waals surface area contributed by atoms with Crippen LogP contribution in [0.4, 0.5) is 5.69 Å². The molecule has 0 atom stereocenters. The third-order valence-corrected chi connectivity index (χ3v) is 3.33. The first-order valence-electron chi connectivity index (χ1n) is 7.12. The Hall–Kier alpha value is -3.22. The van der Waals surface area contributed by atoms with Crippen molar-refractivity contribution in [1.82, 2.24) is 0 Å². The number of rotatable bonds is 5. The van der Waals surface area contributed by atoms with E-state index < -0.39 is 16.9 Å². The molecule has 0 aliphatic rings. The lowest BCUT2D eigenvalue weighted by atomic mass is 9.96.